The molecule has 0 atom stereocenters. The largest absolute Gasteiger partial charge is 0.384 e. The molecule has 0 spiro atoms. The van der Waals surface area contributed by atoms with Crippen molar-refractivity contribution in [2.45, 2.75) is 19.8 Å². The van der Waals surface area contributed by atoms with Gasteiger partial charge in [-0.1, -0.05) is 0 Å². The summed E-state index contributed by atoms with van der Waals surface area (Å²) in [5.41, 5.74) is 2.83. The number of nitro groups is 1. The molecule has 1 aromatic rings. The van der Waals surface area contributed by atoms with Crippen molar-refractivity contribution in [1.29, 1.82) is 0 Å². The third kappa shape index (κ3) is 3.14. The van der Waals surface area contributed by atoms with Crippen molar-refractivity contribution in [3.63, 3.8) is 0 Å². The van der Waals surface area contributed by atoms with Gasteiger partial charge in [-0.3, -0.25) is 10.1 Å². The summed E-state index contributed by atoms with van der Waals surface area (Å²) in [6.45, 7) is 4.84. The molecule has 0 bridgehead atoms. The van der Waals surface area contributed by atoms with Crippen LogP contribution in [0.5, 0.6) is 0 Å². The maximum Gasteiger partial charge on any atom is 0.292 e. The van der Waals surface area contributed by atoms with E-state index < -0.39 is 0 Å². The fraction of sp³-hybridized carbons (Fsp3) is 0.538. The normalized spacial score (nSPS) is 12.9. The maximum absolute atomic E-state index is 11.1. The number of nitro benzene ring substituents is 1. The number of nitrogens with zero attached hydrogens (tertiary/aromatic N) is 1. The summed E-state index contributed by atoms with van der Waals surface area (Å²) in [6.07, 6.45) is 1.66. The smallest absolute Gasteiger partial charge is 0.292 e. The Morgan fingerprint density at radius 3 is 3.11 bits per heavy atom. The van der Waals surface area contributed by atoms with Crippen molar-refractivity contribution in [2.75, 3.05) is 36.9 Å². The molecular weight excluding hydrogens is 246 g/mol. The van der Waals surface area contributed by atoms with Crippen molar-refractivity contribution >= 4 is 17.1 Å². The molecule has 1 heterocycles. The van der Waals surface area contributed by atoms with Crippen molar-refractivity contribution in [3.8, 4) is 0 Å². The summed E-state index contributed by atoms with van der Waals surface area (Å²) in [6, 6.07) is 3.34. The van der Waals surface area contributed by atoms with E-state index in [9.17, 15) is 10.1 Å². The van der Waals surface area contributed by atoms with Gasteiger partial charge < -0.3 is 15.4 Å². The fourth-order valence-corrected chi connectivity index (χ4v) is 2.26. The molecule has 1 aliphatic rings. The number of ether oxygens (including phenoxy) is 1. The highest BCUT2D eigenvalue weighted by Gasteiger charge is 2.23. The van der Waals surface area contributed by atoms with Gasteiger partial charge in [0.2, 0.25) is 0 Å². The zero-order chi connectivity index (χ0) is 13.7. The van der Waals surface area contributed by atoms with Gasteiger partial charge in [-0.2, -0.15) is 0 Å². The molecule has 1 aromatic carbocycles. The highest BCUT2D eigenvalue weighted by atomic mass is 16.6. The van der Waals surface area contributed by atoms with Crippen molar-refractivity contribution in [3.05, 3.63) is 27.8 Å². The van der Waals surface area contributed by atoms with Gasteiger partial charge in [-0.15, -0.1) is 0 Å². The van der Waals surface area contributed by atoms with E-state index in [0.717, 1.165) is 30.6 Å². The summed E-state index contributed by atoms with van der Waals surface area (Å²) in [7, 11) is 0. The van der Waals surface area contributed by atoms with Gasteiger partial charge in [0.25, 0.3) is 5.69 Å². The quantitative estimate of drug-likeness (QED) is 0.450. The molecule has 0 radical (unpaired) electrons. The van der Waals surface area contributed by atoms with Gasteiger partial charge in [0, 0.05) is 43.6 Å². The Balaban J connectivity index is 2.08. The number of fused-ring (bicyclic) bond motifs is 1. The van der Waals surface area contributed by atoms with E-state index >= 15 is 0 Å². The molecule has 104 valence electrons. The topological polar surface area (TPSA) is 76.4 Å². The summed E-state index contributed by atoms with van der Waals surface area (Å²) >= 11 is 0. The zero-order valence-electron chi connectivity index (χ0n) is 11.1. The highest BCUT2D eigenvalue weighted by molar-refractivity contribution is 5.76. The molecule has 0 saturated carbocycles. The van der Waals surface area contributed by atoms with E-state index in [2.05, 4.69) is 10.6 Å². The molecule has 0 saturated heterocycles. The average molecular weight is 265 g/mol. The van der Waals surface area contributed by atoms with Crippen LogP contribution in [0.2, 0.25) is 0 Å². The minimum atomic E-state index is -0.330. The van der Waals surface area contributed by atoms with Gasteiger partial charge >= 0.3 is 0 Å². The lowest BCUT2D eigenvalue weighted by Gasteiger charge is -2.11. The summed E-state index contributed by atoms with van der Waals surface area (Å²) in [5.74, 6) is 0. The molecule has 6 nitrogen and oxygen atoms in total. The van der Waals surface area contributed by atoms with Crippen molar-refractivity contribution < 1.29 is 9.66 Å². The van der Waals surface area contributed by atoms with Gasteiger partial charge in [-0.25, -0.2) is 0 Å². The zero-order valence-corrected chi connectivity index (χ0v) is 11.1. The Hall–Kier alpha value is -1.82. The highest BCUT2D eigenvalue weighted by Crippen LogP contribution is 2.36. The van der Waals surface area contributed by atoms with Gasteiger partial charge in [0.15, 0.2) is 0 Å². The first-order valence-electron chi connectivity index (χ1n) is 6.59. The van der Waals surface area contributed by atoms with E-state index in [0.29, 0.717) is 25.4 Å². The lowest BCUT2D eigenvalue weighted by molar-refractivity contribution is -0.384. The molecule has 0 aromatic heterocycles. The van der Waals surface area contributed by atoms with Crippen LogP contribution in [0.1, 0.15) is 18.9 Å². The van der Waals surface area contributed by atoms with Gasteiger partial charge in [-0.05, 0) is 25.8 Å². The number of rotatable bonds is 7. The van der Waals surface area contributed by atoms with Crippen LogP contribution >= 0.6 is 0 Å². The summed E-state index contributed by atoms with van der Waals surface area (Å²) in [4.78, 5) is 10.7. The monoisotopic (exact) mass is 265 g/mol. The van der Waals surface area contributed by atoms with Crippen LogP contribution in [-0.4, -0.2) is 31.2 Å². The lowest BCUT2D eigenvalue weighted by Crippen LogP contribution is -2.09. The van der Waals surface area contributed by atoms with Crippen LogP contribution in [0.15, 0.2) is 12.1 Å². The number of anilines is 2. The summed E-state index contributed by atoms with van der Waals surface area (Å²) in [5, 5.41) is 17.5. The first kappa shape index (κ1) is 13.6. The first-order valence-corrected chi connectivity index (χ1v) is 6.59. The second-order valence-electron chi connectivity index (χ2n) is 4.40. The van der Waals surface area contributed by atoms with E-state index in [4.69, 9.17) is 4.74 Å². The predicted molar refractivity (Wildman–Crippen MR) is 74.9 cm³/mol. The van der Waals surface area contributed by atoms with E-state index in [1.165, 1.54) is 0 Å². The average Bonchev–Trinajstić information content (AvgIpc) is 2.86. The van der Waals surface area contributed by atoms with Gasteiger partial charge in [0.1, 0.15) is 5.69 Å². The van der Waals surface area contributed by atoms with Crippen LogP contribution in [0.4, 0.5) is 17.1 Å². The molecule has 2 N–H and O–H groups in total. The SMILES string of the molecule is CCOCCCNc1c([N+](=O)[O-])ccc2c1CCN2. The number of benzene rings is 1. The second kappa shape index (κ2) is 6.38. The Morgan fingerprint density at radius 2 is 2.37 bits per heavy atom. The Morgan fingerprint density at radius 1 is 1.53 bits per heavy atom. The fourth-order valence-electron chi connectivity index (χ4n) is 2.26. The molecule has 0 unspecified atom stereocenters. The number of nitrogens with one attached hydrogen (secondary N) is 2. The van der Waals surface area contributed by atoms with Crippen LogP contribution in [0.3, 0.4) is 0 Å². The minimum Gasteiger partial charge on any atom is -0.384 e. The van der Waals surface area contributed by atoms with E-state index in [1.807, 2.05) is 6.92 Å². The Labute approximate surface area is 112 Å². The molecule has 0 fully saturated rings. The van der Waals surface area contributed by atoms with E-state index in [1.54, 1.807) is 12.1 Å². The molecule has 1 aliphatic heterocycles. The molecule has 6 heteroatoms. The number of hydrogen-bond acceptors (Lipinski definition) is 5. The lowest BCUT2D eigenvalue weighted by atomic mass is 10.1. The van der Waals surface area contributed by atoms with Crippen molar-refractivity contribution in [1.82, 2.24) is 0 Å². The Kier molecular flexibility index (Phi) is 4.57. The maximum atomic E-state index is 11.1. The van der Waals surface area contributed by atoms with Crippen LogP contribution in [-0.2, 0) is 11.2 Å². The summed E-state index contributed by atoms with van der Waals surface area (Å²) < 4.78 is 5.26. The minimum absolute atomic E-state index is 0.152. The molecular formula is C13H19N3O3. The molecule has 19 heavy (non-hydrogen) atoms. The molecule has 0 aliphatic carbocycles. The molecule has 0 amide bonds. The van der Waals surface area contributed by atoms with Crippen LogP contribution in [0.25, 0.3) is 0 Å². The number of hydrogen-bond donors (Lipinski definition) is 2. The van der Waals surface area contributed by atoms with Crippen LogP contribution < -0.4 is 10.6 Å². The van der Waals surface area contributed by atoms with E-state index in [-0.39, 0.29) is 10.6 Å². The predicted octanol–water partition coefficient (Wildman–Crippen LogP) is 2.40. The third-order valence-electron chi connectivity index (χ3n) is 3.15. The first-order chi connectivity index (χ1) is 9.24. The molecule has 2 rings (SSSR count). The van der Waals surface area contributed by atoms with Gasteiger partial charge in [0.05, 0.1) is 4.92 Å². The van der Waals surface area contributed by atoms with Crippen molar-refractivity contribution in [2.24, 2.45) is 0 Å². The Bertz CT molecular complexity index is 463. The standard InChI is InChI=1S/C13H19N3O3/c1-2-19-9-3-7-15-13-10-6-8-14-11(10)4-5-12(13)16(17)18/h4-5,14-15H,2-3,6-9H2,1H3. The second-order valence-corrected chi connectivity index (χ2v) is 4.40. The third-order valence-corrected chi connectivity index (χ3v) is 3.15. The van der Waals surface area contributed by atoms with Crippen LogP contribution in [0, 0.1) is 10.1 Å².